The minimum atomic E-state index is -0.390. The van der Waals surface area contributed by atoms with Crippen molar-refractivity contribution in [3.63, 3.8) is 0 Å². The molecule has 1 unspecified atom stereocenters. The van der Waals surface area contributed by atoms with Gasteiger partial charge in [0.1, 0.15) is 5.75 Å². The minimum absolute atomic E-state index is 0.0513. The summed E-state index contributed by atoms with van der Waals surface area (Å²) in [6.45, 7) is 2.29. The third kappa shape index (κ3) is 4.24. The molecule has 0 fully saturated rings. The standard InChI is InChI=1S/C12H16ClNO3/c1-2-9(15)5-6-14-12(17)8-3-4-11(16)10(13)7-8/h3-4,7,9,15-16H,2,5-6H2,1H3,(H,14,17). The fourth-order valence-electron chi connectivity index (χ4n) is 1.31. The van der Waals surface area contributed by atoms with Gasteiger partial charge in [-0.1, -0.05) is 18.5 Å². The van der Waals surface area contributed by atoms with Gasteiger partial charge in [0.25, 0.3) is 5.91 Å². The molecule has 1 rings (SSSR count). The summed E-state index contributed by atoms with van der Waals surface area (Å²) in [5.74, 6) is -0.320. The first-order chi connectivity index (χ1) is 8.04. The van der Waals surface area contributed by atoms with E-state index in [9.17, 15) is 15.0 Å². The van der Waals surface area contributed by atoms with E-state index in [-0.39, 0.29) is 16.7 Å². The van der Waals surface area contributed by atoms with Crippen molar-refractivity contribution in [2.75, 3.05) is 6.54 Å². The SMILES string of the molecule is CCC(O)CCNC(=O)c1ccc(O)c(Cl)c1. The Morgan fingerprint density at radius 3 is 2.82 bits per heavy atom. The highest BCUT2D eigenvalue weighted by molar-refractivity contribution is 6.32. The summed E-state index contributed by atoms with van der Waals surface area (Å²) in [5.41, 5.74) is 0.388. The van der Waals surface area contributed by atoms with E-state index in [1.54, 1.807) is 0 Å². The Morgan fingerprint density at radius 1 is 1.53 bits per heavy atom. The van der Waals surface area contributed by atoms with E-state index >= 15 is 0 Å². The molecule has 1 atom stereocenters. The fraction of sp³-hybridized carbons (Fsp3) is 0.417. The predicted molar refractivity (Wildman–Crippen MR) is 66.4 cm³/mol. The molecule has 0 heterocycles. The first kappa shape index (κ1) is 13.8. The summed E-state index contributed by atoms with van der Waals surface area (Å²) in [4.78, 5) is 11.6. The van der Waals surface area contributed by atoms with Crippen molar-refractivity contribution in [3.05, 3.63) is 28.8 Å². The maximum absolute atomic E-state index is 11.6. The van der Waals surface area contributed by atoms with Crippen LogP contribution in [0.15, 0.2) is 18.2 Å². The second-order valence-corrected chi connectivity index (χ2v) is 4.18. The van der Waals surface area contributed by atoms with Crippen molar-refractivity contribution >= 4 is 17.5 Å². The van der Waals surface area contributed by atoms with Crippen LogP contribution in [0.2, 0.25) is 5.02 Å². The number of benzene rings is 1. The van der Waals surface area contributed by atoms with Crippen molar-refractivity contribution < 1.29 is 15.0 Å². The molecule has 0 radical (unpaired) electrons. The van der Waals surface area contributed by atoms with Crippen LogP contribution in [0.1, 0.15) is 30.1 Å². The topological polar surface area (TPSA) is 69.6 Å². The number of halogens is 1. The summed E-state index contributed by atoms with van der Waals surface area (Å²) in [7, 11) is 0. The number of hydrogen-bond acceptors (Lipinski definition) is 3. The van der Waals surface area contributed by atoms with Crippen molar-refractivity contribution in [2.45, 2.75) is 25.9 Å². The Balaban J connectivity index is 2.50. The van der Waals surface area contributed by atoms with E-state index in [2.05, 4.69) is 5.32 Å². The number of carbonyl (C=O) groups is 1. The number of rotatable bonds is 5. The Morgan fingerprint density at radius 2 is 2.24 bits per heavy atom. The lowest BCUT2D eigenvalue weighted by atomic mass is 10.2. The van der Waals surface area contributed by atoms with Gasteiger partial charge in [-0.2, -0.15) is 0 Å². The van der Waals surface area contributed by atoms with E-state index in [0.29, 0.717) is 24.9 Å². The average molecular weight is 258 g/mol. The van der Waals surface area contributed by atoms with E-state index in [4.69, 9.17) is 11.6 Å². The molecule has 5 heteroatoms. The molecule has 0 saturated heterocycles. The number of nitrogens with one attached hydrogen (secondary N) is 1. The molecule has 1 amide bonds. The molecule has 0 aliphatic heterocycles. The smallest absolute Gasteiger partial charge is 0.251 e. The molecule has 4 nitrogen and oxygen atoms in total. The number of carbonyl (C=O) groups excluding carboxylic acids is 1. The lowest BCUT2D eigenvalue weighted by molar-refractivity contribution is 0.0942. The fourth-order valence-corrected chi connectivity index (χ4v) is 1.49. The zero-order chi connectivity index (χ0) is 12.8. The van der Waals surface area contributed by atoms with Crippen LogP contribution in [0.5, 0.6) is 5.75 Å². The summed E-state index contributed by atoms with van der Waals surface area (Å²) >= 11 is 5.69. The van der Waals surface area contributed by atoms with Gasteiger partial charge in [-0.15, -0.1) is 0 Å². The monoisotopic (exact) mass is 257 g/mol. The Labute approximate surface area is 105 Å². The second kappa shape index (κ2) is 6.47. The molecule has 17 heavy (non-hydrogen) atoms. The van der Waals surface area contributed by atoms with Crippen LogP contribution < -0.4 is 5.32 Å². The molecular weight excluding hydrogens is 242 g/mol. The lowest BCUT2D eigenvalue weighted by Gasteiger charge is -2.09. The predicted octanol–water partition coefficient (Wildman–Crippen LogP) is 1.94. The molecule has 1 aromatic rings. The van der Waals surface area contributed by atoms with Gasteiger partial charge in [-0.05, 0) is 31.0 Å². The zero-order valence-corrected chi connectivity index (χ0v) is 10.4. The van der Waals surface area contributed by atoms with Crippen LogP contribution in [0.25, 0.3) is 0 Å². The van der Waals surface area contributed by atoms with E-state index in [1.165, 1.54) is 18.2 Å². The first-order valence-corrected chi connectivity index (χ1v) is 5.87. The van der Waals surface area contributed by atoms with Crippen LogP contribution in [-0.4, -0.2) is 28.8 Å². The summed E-state index contributed by atoms with van der Waals surface area (Å²) in [5, 5.41) is 21.3. The van der Waals surface area contributed by atoms with Gasteiger partial charge < -0.3 is 15.5 Å². The first-order valence-electron chi connectivity index (χ1n) is 5.49. The van der Waals surface area contributed by atoms with Gasteiger partial charge in [0.15, 0.2) is 0 Å². The molecule has 0 spiro atoms. The Bertz CT molecular complexity index is 395. The Kier molecular flexibility index (Phi) is 5.25. The summed E-state index contributed by atoms with van der Waals surface area (Å²) in [6, 6.07) is 4.27. The second-order valence-electron chi connectivity index (χ2n) is 3.77. The quantitative estimate of drug-likeness (QED) is 0.755. The third-order valence-electron chi connectivity index (χ3n) is 2.44. The van der Waals surface area contributed by atoms with Crippen LogP contribution in [0.3, 0.4) is 0 Å². The van der Waals surface area contributed by atoms with Crippen LogP contribution in [0, 0.1) is 0 Å². The maximum Gasteiger partial charge on any atom is 0.251 e. The number of phenols is 1. The van der Waals surface area contributed by atoms with Crippen molar-refractivity contribution in [3.8, 4) is 5.75 Å². The van der Waals surface area contributed by atoms with Gasteiger partial charge in [0.05, 0.1) is 11.1 Å². The van der Waals surface area contributed by atoms with Crippen LogP contribution in [-0.2, 0) is 0 Å². The number of hydrogen-bond donors (Lipinski definition) is 3. The van der Waals surface area contributed by atoms with Gasteiger partial charge in [-0.25, -0.2) is 0 Å². The summed E-state index contributed by atoms with van der Waals surface area (Å²) in [6.07, 6.45) is 0.799. The number of aliphatic hydroxyl groups excluding tert-OH is 1. The van der Waals surface area contributed by atoms with E-state index in [1.807, 2.05) is 6.92 Å². The van der Waals surface area contributed by atoms with E-state index < -0.39 is 6.10 Å². The highest BCUT2D eigenvalue weighted by atomic mass is 35.5. The molecular formula is C12H16ClNO3. The molecule has 0 aliphatic rings. The molecule has 0 saturated carbocycles. The van der Waals surface area contributed by atoms with Gasteiger partial charge in [0.2, 0.25) is 0 Å². The molecule has 1 aromatic carbocycles. The Hall–Kier alpha value is -1.26. The lowest BCUT2D eigenvalue weighted by Crippen LogP contribution is -2.26. The maximum atomic E-state index is 11.6. The number of aliphatic hydroxyl groups is 1. The van der Waals surface area contributed by atoms with Gasteiger partial charge in [-0.3, -0.25) is 4.79 Å². The number of aromatic hydroxyl groups is 1. The minimum Gasteiger partial charge on any atom is -0.506 e. The van der Waals surface area contributed by atoms with Crippen LogP contribution >= 0.6 is 11.6 Å². The van der Waals surface area contributed by atoms with Gasteiger partial charge >= 0.3 is 0 Å². The van der Waals surface area contributed by atoms with Gasteiger partial charge in [0, 0.05) is 12.1 Å². The molecule has 0 aliphatic carbocycles. The summed E-state index contributed by atoms with van der Waals surface area (Å²) < 4.78 is 0. The molecule has 0 aromatic heterocycles. The highest BCUT2D eigenvalue weighted by Crippen LogP contribution is 2.23. The molecule has 3 N–H and O–H groups in total. The average Bonchev–Trinajstić information content (AvgIpc) is 2.32. The van der Waals surface area contributed by atoms with Crippen molar-refractivity contribution in [1.82, 2.24) is 5.32 Å². The number of amides is 1. The third-order valence-corrected chi connectivity index (χ3v) is 2.75. The highest BCUT2D eigenvalue weighted by Gasteiger charge is 2.08. The molecule has 94 valence electrons. The number of phenolic OH excluding ortho intramolecular Hbond substituents is 1. The molecule has 0 bridgehead atoms. The normalized spacial score (nSPS) is 12.2. The van der Waals surface area contributed by atoms with Crippen LogP contribution in [0.4, 0.5) is 0 Å². The van der Waals surface area contributed by atoms with Crippen molar-refractivity contribution in [2.24, 2.45) is 0 Å². The largest absolute Gasteiger partial charge is 0.506 e. The van der Waals surface area contributed by atoms with E-state index in [0.717, 1.165) is 0 Å². The zero-order valence-electron chi connectivity index (χ0n) is 9.61. The van der Waals surface area contributed by atoms with Crippen molar-refractivity contribution in [1.29, 1.82) is 0 Å².